The molecule has 6 heteroatoms. The molecule has 3 N–H and O–H groups in total. The third-order valence-electron chi connectivity index (χ3n) is 2.39. The van der Waals surface area contributed by atoms with Crippen molar-refractivity contribution in [2.75, 3.05) is 5.73 Å². The Morgan fingerprint density at radius 2 is 1.94 bits per heavy atom. The van der Waals surface area contributed by atoms with E-state index in [-0.39, 0.29) is 17.8 Å². The average Bonchev–Trinajstić information content (AvgIpc) is 2.36. The summed E-state index contributed by atoms with van der Waals surface area (Å²) in [5.74, 6) is 0.789. The largest absolute Gasteiger partial charge is 0.437 e. The first kappa shape index (κ1) is 12.6. The van der Waals surface area contributed by atoms with Gasteiger partial charge in [0.25, 0.3) is 0 Å². The van der Waals surface area contributed by atoms with Crippen LogP contribution in [0.5, 0.6) is 11.6 Å². The van der Waals surface area contributed by atoms with E-state index in [2.05, 4.69) is 9.97 Å². The average molecular weight is 266 g/mol. The lowest BCUT2D eigenvalue weighted by molar-refractivity contribution is 0.281. The van der Waals surface area contributed by atoms with Crippen molar-refractivity contribution in [3.05, 3.63) is 40.8 Å². The van der Waals surface area contributed by atoms with Gasteiger partial charge in [0.2, 0.25) is 11.2 Å². The lowest BCUT2D eigenvalue weighted by Gasteiger charge is -2.09. The molecule has 1 heterocycles. The maximum atomic E-state index is 8.94. The third-order valence-corrected chi connectivity index (χ3v) is 2.56. The van der Waals surface area contributed by atoms with Gasteiger partial charge >= 0.3 is 0 Å². The Labute approximate surface area is 109 Å². The molecule has 94 valence electrons. The van der Waals surface area contributed by atoms with E-state index in [9.17, 15) is 0 Å². The van der Waals surface area contributed by atoms with E-state index < -0.39 is 0 Å². The first-order valence-corrected chi connectivity index (χ1v) is 5.65. The van der Waals surface area contributed by atoms with Gasteiger partial charge in [-0.2, -0.15) is 4.98 Å². The molecule has 0 atom stereocenters. The summed E-state index contributed by atoms with van der Waals surface area (Å²) < 4.78 is 5.53. The lowest BCUT2D eigenvalue weighted by Crippen LogP contribution is -2.00. The van der Waals surface area contributed by atoms with Crippen LogP contribution in [-0.4, -0.2) is 15.1 Å². The number of aryl methyl sites for hydroxylation is 1. The van der Waals surface area contributed by atoms with Crippen molar-refractivity contribution in [2.24, 2.45) is 0 Å². The molecule has 1 aromatic heterocycles. The Hall–Kier alpha value is -1.85. The van der Waals surface area contributed by atoms with Crippen LogP contribution in [0.1, 0.15) is 11.3 Å². The van der Waals surface area contributed by atoms with E-state index >= 15 is 0 Å². The SMILES string of the molecule is Cc1nc(Cl)nc(Oc2ccc(CO)cc2)c1N. The maximum absolute atomic E-state index is 8.94. The summed E-state index contributed by atoms with van der Waals surface area (Å²) >= 11 is 5.75. The molecule has 0 aliphatic rings. The van der Waals surface area contributed by atoms with Crippen molar-refractivity contribution in [1.82, 2.24) is 9.97 Å². The fourth-order valence-electron chi connectivity index (χ4n) is 1.37. The summed E-state index contributed by atoms with van der Waals surface area (Å²) in [5.41, 5.74) is 7.52. The van der Waals surface area contributed by atoms with Crippen molar-refractivity contribution in [1.29, 1.82) is 0 Å². The van der Waals surface area contributed by atoms with Gasteiger partial charge < -0.3 is 15.6 Å². The fraction of sp³-hybridized carbons (Fsp3) is 0.167. The van der Waals surface area contributed by atoms with Crippen molar-refractivity contribution >= 4 is 17.3 Å². The molecular weight excluding hydrogens is 254 g/mol. The predicted molar refractivity (Wildman–Crippen MR) is 68.6 cm³/mol. The highest BCUT2D eigenvalue weighted by Gasteiger charge is 2.10. The summed E-state index contributed by atoms with van der Waals surface area (Å²) in [5, 5.41) is 9.02. The van der Waals surface area contributed by atoms with Crippen LogP contribution in [0.3, 0.4) is 0 Å². The number of hydrogen-bond acceptors (Lipinski definition) is 5. The zero-order chi connectivity index (χ0) is 13.1. The quantitative estimate of drug-likeness (QED) is 0.833. The summed E-state index contributed by atoms with van der Waals surface area (Å²) in [6, 6.07) is 6.94. The third kappa shape index (κ3) is 2.69. The zero-order valence-electron chi connectivity index (χ0n) is 9.72. The van der Waals surface area contributed by atoms with E-state index in [0.29, 0.717) is 17.1 Å². The molecule has 0 bridgehead atoms. The van der Waals surface area contributed by atoms with Gasteiger partial charge in [-0.05, 0) is 36.2 Å². The van der Waals surface area contributed by atoms with Crippen LogP contribution in [0.15, 0.2) is 24.3 Å². The molecule has 0 radical (unpaired) electrons. The molecule has 0 spiro atoms. The van der Waals surface area contributed by atoms with Crippen LogP contribution in [0.25, 0.3) is 0 Å². The lowest BCUT2D eigenvalue weighted by atomic mass is 10.2. The summed E-state index contributed by atoms with van der Waals surface area (Å²) in [7, 11) is 0. The number of halogens is 1. The minimum Gasteiger partial charge on any atom is -0.437 e. The second kappa shape index (κ2) is 5.20. The van der Waals surface area contributed by atoms with Gasteiger partial charge in [0.1, 0.15) is 11.4 Å². The van der Waals surface area contributed by atoms with Crippen molar-refractivity contribution in [3.8, 4) is 11.6 Å². The molecule has 0 aliphatic carbocycles. The number of nitrogen functional groups attached to an aromatic ring is 1. The number of aliphatic hydroxyl groups excluding tert-OH is 1. The molecule has 0 amide bonds. The summed E-state index contributed by atoms with van der Waals surface area (Å²) in [4.78, 5) is 7.85. The molecule has 0 saturated carbocycles. The van der Waals surface area contributed by atoms with E-state index in [1.54, 1.807) is 31.2 Å². The first-order chi connectivity index (χ1) is 8.60. The molecule has 0 aliphatic heterocycles. The van der Waals surface area contributed by atoms with Crippen LogP contribution >= 0.6 is 11.6 Å². The Bertz CT molecular complexity index is 558. The van der Waals surface area contributed by atoms with Gasteiger partial charge in [0.05, 0.1) is 12.3 Å². The first-order valence-electron chi connectivity index (χ1n) is 5.27. The normalized spacial score (nSPS) is 10.4. The molecule has 0 saturated heterocycles. The molecule has 0 unspecified atom stereocenters. The number of ether oxygens (including phenoxy) is 1. The summed E-state index contributed by atoms with van der Waals surface area (Å²) in [6.07, 6.45) is 0. The molecule has 2 rings (SSSR count). The van der Waals surface area contributed by atoms with Crippen LogP contribution in [0.4, 0.5) is 5.69 Å². The van der Waals surface area contributed by atoms with Crippen LogP contribution in [-0.2, 0) is 6.61 Å². The minimum absolute atomic E-state index is 0.0130. The standard InChI is InChI=1S/C12H12ClN3O2/c1-7-10(14)11(16-12(13)15-7)18-9-4-2-8(6-17)3-5-9/h2-5,17H,6,14H2,1H3. The van der Waals surface area contributed by atoms with E-state index in [0.717, 1.165) is 5.56 Å². The highest BCUT2D eigenvalue weighted by Crippen LogP contribution is 2.28. The second-order valence-corrected chi connectivity index (χ2v) is 4.04. The predicted octanol–water partition coefficient (Wildman–Crippen LogP) is 2.31. The number of anilines is 1. The van der Waals surface area contributed by atoms with Gasteiger partial charge in [-0.1, -0.05) is 12.1 Å². The number of nitrogens with two attached hydrogens (primary N) is 1. The molecular formula is C12H12ClN3O2. The van der Waals surface area contributed by atoms with Gasteiger partial charge in [0, 0.05) is 0 Å². The number of hydrogen-bond donors (Lipinski definition) is 2. The van der Waals surface area contributed by atoms with Crippen LogP contribution in [0.2, 0.25) is 5.28 Å². The monoisotopic (exact) mass is 265 g/mol. The smallest absolute Gasteiger partial charge is 0.247 e. The Balaban J connectivity index is 2.27. The highest BCUT2D eigenvalue weighted by atomic mass is 35.5. The highest BCUT2D eigenvalue weighted by molar-refractivity contribution is 6.28. The van der Waals surface area contributed by atoms with E-state index in [1.807, 2.05) is 0 Å². The topological polar surface area (TPSA) is 81.3 Å². The molecule has 0 fully saturated rings. The Kier molecular flexibility index (Phi) is 3.64. The van der Waals surface area contributed by atoms with E-state index in [1.165, 1.54) is 0 Å². The van der Waals surface area contributed by atoms with Crippen molar-refractivity contribution in [3.63, 3.8) is 0 Å². The van der Waals surface area contributed by atoms with Gasteiger partial charge in [-0.25, -0.2) is 4.98 Å². The number of benzene rings is 1. The van der Waals surface area contributed by atoms with Crippen molar-refractivity contribution in [2.45, 2.75) is 13.5 Å². The minimum atomic E-state index is -0.0130. The molecule has 5 nitrogen and oxygen atoms in total. The number of nitrogens with zero attached hydrogens (tertiary/aromatic N) is 2. The maximum Gasteiger partial charge on any atom is 0.247 e. The van der Waals surface area contributed by atoms with Crippen LogP contribution in [0, 0.1) is 6.92 Å². The van der Waals surface area contributed by atoms with Gasteiger partial charge in [-0.3, -0.25) is 0 Å². The molecule has 2 aromatic rings. The number of aromatic nitrogens is 2. The number of aliphatic hydroxyl groups is 1. The zero-order valence-corrected chi connectivity index (χ0v) is 10.5. The molecule has 18 heavy (non-hydrogen) atoms. The van der Waals surface area contributed by atoms with E-state index in [4.69, 9.17) is 27.2 Å². The second-order valence-electron chi connectivity index (χ2n) is 3.70. The molecule has 1 aromatic carbocycles. The van der Waals surface area contributed by atoms with Gasteiger partial charge in [0.15, 0.2) is 0 Å². The fourth-order valence-corrected chi connectivity index (χ4v) is 1.58. The Morgan fingerprint density at radius 1 is 1.28 bits per heavy atom. The van der Waals surface area contributed by atoms with Crippen LogP contribution < -0.4 is 10.5 Å². The summed E-state index contributed by atoms with van der Waals surface area (Å²) in [6.45, 7) is 1.71. The van der Waals surface area contributed by atoms with Crippen molar-refractivity contribution < 1.29 is 9.84 Å². The Morgan fingerprint density at radius 3 is 2.56 bits per heavy atom. The number of rotatable bonds is 3. The van der Waals surface area contributed by atoms with Gasteiger partial charge in [-0.15, -0.1) is 0 Å².